The first kappa shape index (κ1) is 9.30. The van der Waals surface area contributed by atoms with Gasteiger partial charge in [-0.2, -0.15) is 0 Å². The molecule has 0 aromatic carbocycles. The molecular weight excluding hydrogens is 180 g/mol. The van der Waals surface area contributed by atoms with E-state index < -0.39 is 0 Å². The molecular formula is C10H12N2O2. The molecule has 1 unspecified atom stereocenters. The molecule has 4 heteroatoms. The van der Waals surface area contributed by atoms with Crippen molar-refractivity contribution in [1.82, 2.24) is 10.3 Å². The van der Waals surface area contributed by atoms with Gasteiger partial charge in [-0.1, -0.05) is 6.07 Å². The van der Waals surface area contributed by atoms with Gasteiger partial charge in [0.25, 0.3) is 0 Å². The van der Waals surface area contributed by atoms with E-state index in [1.165, 1.54) is 0 Å². The number of nitrogens with zero attached hydrogens (tertiary/aromatic N) is 1. The highest BCUT2D eigenvalue weighted by Gasteiger charge is 2.23. The zero-order valence-corrected chi connectivity index (χ0v) is 7.77. The van der Waals surface area contributed by atoms with Crippen LogP contribution in [-0.4, -0.2) is 36.6 Å². The Kier molecular flexibility index (Phi) is 2.86. The van der Waals surface area contributed by atoms with Crippen molar-refractivity contribution in [2.45, 2.75) is 6.10 Å². The Hall–Kier alpha value is -1.26. The van der Waals surface area contributed by atoms with E-state index in [1.807, 2.05) is 0 Å². The summed E-state index contributed by atoms with van der Waals surface area (Å²) >= 11 is 0. The van der Waals surface area contributed by atoms with E-state index in [0.29, 0.717) is 18.8 Å². The average molecular weight is 192 g/mol. The van der Waals surface area contributed by atoms with Crippen molar-refractivity contribution in [2.75, 3.05) is 19.7 Å². The van der Waals surface area contributed by atoms with Crippen LogP contribution in [0.25, 0.3) is 0 Å². The highest BCUT2D eigenvalue weighted by atomic mass is 16.5. The maximum absolute atomic E-state index is 11.8. The maximum atomic E-state index is 11.8. The van der Waals surface area contributed by atoms with Crippen molar-refractivity contribution in [1.29, 1.82) is 0 Å². The van der Waals surface area contributed by atoms with E-state index in [0.717, 1.165) is 6.54 Å². The lowest BCUT2D eigenvalue weighted by Gasteiger charge is -2.21. The Bertz CT molecular complexity index is 307. The molecule has 1 saturated heterocycles. The van der Waals surface area contributed by atoms with E-state index in [9.17, 15) is 4.79 Å². The van der Waals surface area contributed by atoms with Crippen LogP contribution in [0.5, 0.6) is 0 Å². The second-order valence-electron chi connectivity index (χ2n) is 3.14. The van der Waals surface area contributed by atoms with Gasteiger partial charge in [0.05, 0.1) is 6.61 Å². The van der Waals surface area contributed by atoms with Crippen LogP contribution in [0.4, 0.5) is 0 Å². The summed E-state index contributed by atoms with van der Waals surface area (Å²) in [5, 5.41) is 3.11. The Balaban J connectivity index is 2.07. The number of rotatable bonds is 2. The zero-order chi connectivity index (χ0) is 9.80. The van der Waals surface area contributed by atoms with Gasteiger partial charge in [-0.3, -0.25) is 9.78 Å². The number of hydrogen-bond acceptors (Lipinski definition) is 4. The van der Waals surface area contributed by atoms with E-state index >= 15 is 0 Å². The number of carbonyl (C=O) groups is 1. The fourth-order valence-electron chi connectivity index (χ4n) is 1.41. The summed E-state index contributed by atoms with van der Waals surface area (Å²) in [4.78, 5) is 15.8. The molecule has 1 atom stereocenters. The van der Waals surface area contributed by atoms with Gasteiger partial charge >= 0.3 is 0 Å². The molecule has 0 bridgehead atoms. The molecule has 1 aliphatic heterocycles. The predicted octanol–water partition coefficient (Wildman–Crippen LogP) is 0.253. The van der Waals surface area contributed by atoms with Gasteiger partial charge in [0.15, 0.2) is 0 Å². The van der Waals surface area contributed by atoms with Crippen molar-refractivity contribution in [3.63, 3.8) is 0 Å². The number of pyridine rings is 1. The Morgan fingerprint density at radius 3 is 3.14 bits per heavy atom. The van der Waals surface area contributed by atoms with Crippen LogP contribution in [0.15, 0.2) is 24.4 Å². The summed E-state index contributed by atoms with van der Waals surface area (Å²) in [7, 11) is 0. The SMILES string of the molecule is O=C(c1ccccn1)C1CNCCO1. The van der Waals surface area contributed by atoms with Gasteiger partial charge in [-0.25, -0.2) is 0 Å². The molecule has 74 valence electrons. The molecule has 0 aliphatic carbocycles. The van der Waals surface area contributed by atoms with E-state index in [2.05, 4.69) is 10.3 Å². The fraction of sp³-hybridized carbons (Fsp3) is 0.400. The van der Waals surface area contributed by atoms with Crippen molar-refractivity contribution in [2.24, 2.45) is 0 Å². The van der Waals surface area contributed by atoms with Crippen LogP contribution in [0.3, 0.4) is 0 Å². The van der Waals surface area contributed by atoms with E-state index in [4.69, 9.17) is 4.74 Å². The number of Topliss-reactive ketones (excluding diaryl/α,β-unsaturated/α-hetero) is 1. The smallest absolute Gasteiger partial charge is 0.211 e. The molecule has 4 nitrogen and oxygen atoms in total. The van der Waals surface area contributed by atoms with Crippen LogP contribution in [-0.2, 0) is 4.74 Å². The molecule has 0 amide bonds. The molecule has 0 saturated carbocycles. The maximum Gasteiger partial charge on any atom is 0.211 e. The van der Waals surface area contributed by atoms with Gasteiger partial charge in [-0.05, 0) is 12.1 Å². The summed E-state index contributed by atoms with van der Waals surface area (Å²) in [6.45, 7) is 1.98. The Labute approximate surface area is 82.3 Å². The standard InChI is InChI=1S/C10H12N2O2/c13-10(8-3-1-2-4-12-8)9-7-11-5-6-14-9/h1-4,9,11H,5-7H2. The van der Waals surface area contributed by atoms with Crippen LogP contribution in [0.2, 0.25) is 0 Å². The summed E-state index contributed by atoms with van der Waals surface area (Å²) in [6, 6.07) is 5.30. The van der Waals surface area contributed by atoms with E-state index in [1.54, 1.807) is 24.4 Å². The molecule has 14 heavy (non-hydrogen) atoms. The summed E-state index contributed by atoms with van der Waals surface area (Å²) in [5.74, 6) is -0.0437. The van der Waals surface area contributed by atoms with Gasteiger partial charge in [0.2, 0.25) is 5.78 Å². The van der Waals surface area contributed by atoms with Crippen LogP contribution in [0, 0.1) is 0 Å². The number of morpholine rings is 1. The third-order valence-corrected chi connectivity index (χ3v) is 2.14. The molecule has 0 spiro atoms. The molecule has 1 N–H and O–H groups in total. The van der Waals surface area contributed by atoms with Crippen molar-refractivity contribution >= 4 is 5.78 Å². The Morgan fingerprint density at radius 2 is 2.50 bits per heavy atom. The summed E-state index contributed by atoms with van der Waals surface area (Å²) < 4.78 is 5.34. The number of hydrogen-bond donors (Lipinski definition) is 1. The number of aromatic nitrogens is 1. The molecule has 0 radical (unpaired) electrons. The number of nitrogens with one attached hydrogen (secondary N) is 1. The van der Waals surface area contributed by atoms with Gasteiger partial charge in [-0.15, -0.1) is 0 Å². The molecule has 2 heterocycles. The highest BCUT2D eigenvalue weighted by Crippen LogP contribution is 2.04. The molecule has 1 aromatic heterocycles. The Morgan fingerprint density at radius 1 is 1.57 bits per heavy atom. The monoisotopic (exact) mass is 192 g/mol. The van der Waals surface area contributed by atoms with Crippen molar-refractivity contribution in [3.8, 4) is 0 Å². The molecule has 1 aliphatic rings. The minimum atomic E-state index is -0.376. The largest absolute Gasteiger partial charge is 0.367 e. The quantitative estimate of drug-likeness (QED) is 0.682. The number of ketones is 1. The van der Waals surface area contributed by atoms with Gasteiger partial charge in [0.1, 0.15) is 11.8 Å². The number of carbonyl (C=O) groups excluding carboxylic acids is 1. The van der Waals surface area contributed by atoms with Crippen molar-refractivity contribution < 1.29 is 9.53 Å². The zero-order valence-electron chi connectivity index (χ0n) is 7.77. The summed E-state index contributed by atoms with van der Waals surface area (Å²) in [6.07, 6.45) is 1.24. The topological polar surface area (TPSA) is 51.2 Å². The first-order valence-corrected chi connectivity index (χ1v) is 4.65. The molecule has 1 fully saturated rings. The second kappa shape index (κ2) is 4.30. The third kappa shape index (κ3) is 1.97. The first-order chi connectivity index (χ1) is 6.88. The van der Waals surface area contributed by atoms with Gasteiger partial charge in [0, 0.05) is 19.3 Å². The minimum Gasteiger partial charge on any atom is -0.367 e. The van der Waals surface area contributed by atoms with E-state index in [-0.39, 0.29) is 11.9 Å². The lowest BCUT2D eigenvalue weighted by Crippen LogP contribution is -2.43. The second-order valence-corrected chi connectivity index (χ2v) is 3.14. The molecule has 2 rings (SSSR count). The molecule has 1 aromatic rings. The lowest BCUT2D eigenvalue weighted by molar-refractivity contribution is 0.0265. The van der Waals surface area contributed by atoms with Crippen LogP contribution >= 0.6 is 0 Å². The first-order valence-electron chi connectivity index (χ1n) is 4.65. The normalized spacial score (nSPS) is 21.9. The average Bonchev–Trinajstić information content (AvgIpc) is 2.30. The lowest BCUT2D eigenvalue weighted by atomic mass is 10.1. The fourth-order valence-corrected chi connectivity index (χ4v) is 1.41. The van der Waals surface area contributed by atoms with Crippen LogP contribution < -0.4 is 5.32 Å². The highest BCUT2D eigenvalue weighted by molar-refractivity contribution is 5.97. The van der Waals surface area contributed by atoms with Crippen molar-refractivity contribution in [3.05, 3.63) is 30.1 Å². The third-order valence-electron chi connectivity index (χ3n) is 2.14. The summed E-state index contributed by atoms with van der Waals surface area (Å²) in [5.41, 5.74) is 0.473. The van der Waals surface area contributed by atoms with Gasteiger partial charge < -0.3 is 10.1 Å². The number of ether oxygens (including phenoxy) is 1. The predicted molar refractivity (Wildman–Crippen MR) is 51.2 cm³/mol. The van der Waals surface area contributed by atoms with Crippen LogP contribution in [0.1, 0.15) is 10.5 Å². The minimum absolute atomic E-state index is 0.0437.